The summed E-state index contributed by atoms with van der Waals surface area (Å²) in [6, 6.07) is 11.9. The molecule has 0 heterocycles. The summed E-state index contributed by atoms with van der Waals surface area (Å²) in [5, 5.41) is 14.0. The largest absolute Gasteiger partial charge is 0.497 e. The van der Waals surface area contributed by atoms with E-state index in [1.807, 2.05) is 12.1 Å². The van der Waals surface area contributed by atoms with Crippen LogP contribution in [0.3, 0.4) is 0 Å². The molecular formula is C15H16N2O4. The molecule has 0 saturated heterocycles. The molecule has 0 aliphatic carbocycles. The third kappa shape index (κ3) is 3.62. The Hall–Kier alpha value is -2.76. The van der Waals surface area contributed by atoms with Gasteiger partial charge in [0.2, 0.25) is 0 Å². The normalized spacial score (nSPS) is 10.0. The molecule has 2 aromatic carbocycles. The predicted octanol–water partition coefficient (Wildman–Crippen LogP) is 3.22. The van der Waals surface area contributed by atoms with Crippen LogP contribution in [0.25, 0.3) is 0 Å². The smallest absolute Gasteiger partial charge is 0.269 e. The summed E-state index contributed by atoms with van der Waals surface area (Å²) < 4.78 is 10.4. The first-order valence-corrected chi connectivity index (χ1v) is 6.33. The van der Waals surface area contributed by atoms with Crippen LogP contribution < -0.4 is 14.8 Å². The molecule has 21 heavy (non-hydrogen) atoms. The second kappa shape index (κ2) is 6.60. The Labute approximate surface area is 122 Å². The molecule has 0 saturated carbocycles. The molecule has 2 rings (SSSR count). The van der Waals surface area contributed by atoms with Crippen molar-refractivity contribution in [1.82, 2.24) is 0 Å². The summed E-state index contributed by atoms with van der Waals surface area (Å²) in [5.74, 6) is 1.39. The Kier molecular flexibility index (Phi) is 4.61. The van der Waals surface area contributed by atoms with Gasteiger partial charge in [-0.25, -0.2) is 0 Å². The van der Waals surface area contributed by atoms with Gasteiger partial charge in [-0.1, -0.05) is 12.1 Å². The number of ether oxygens (including phenoxy) is 2. The van der Waals surface area contributed by atoms with Gasteiger partial charge in [-0.15, -0.1) is 0 Å². The van der Waals surface area contributed by atoms with Crippen LogP contribution >= 0.6 is 0 Å². The molecule has 0 radical (unpaired) electrons. The van der Waals surface area contributed by atoms with Crippen molar-refractivity contribution in [3.63, 3.8) is 0 Å². The average Bonchev–Trinajstić information content (AvgIpc) is 2.52. The summed E-state index contributed by atoms with van der Waals surface area (Å²) in [6.07, 6.45) is 0. The van der Waals surface area contributed by atoms with Crippen LogP contribution in [0.15, 0.2) is 42.5 Å². The molecule has 6 nitrogen and oxygen atoms in total. The number of nitrogens with one attached hydrogen (secondary N) is 1. The molecular weight excluding hydrogens is 272 g/mol. The molecule has 1 N–H and O–H groups in total. The molecule has 0 atom stereocenters. The minimum absolute atomic E-state index is 0.0758. The number of methoxy groups -OCH3 is 2. The fourth-order valence-corrected chi connectivity index (χ4v) is 1.93. The highest BCUT2D eigenvalue weighted by Crippen LogP contribution is 2.29. The van der Waals surface area contributed by atoms with Crippen LogP contribution in [0.4, 0.5) is 11.4 Å². The summed E-state index contributed by atoms with van der Waals surface area (Å²) in [6.45, 7) is 0.450. The zero-order chi connectivity index (χ0) is 15.2. The van der Waals surface area contributed by atoms with Crippen LogP contribution in [0, 0.1) is 10.1 Å². The minimum atomic E-state index is -0.407. The lowest BCUT2D eigenvalue weighted by atomic mass is 10.2. The van der Waals surface area contributed by atoms with Crippen molar-refractivity contribution in [1.29, 1.82) is 0 Å². The number of non-ortho nitro benzene ring substituents is 1. The fraction of sp³-hybridized carbons (Fsp3) is 0.200. The van der Waals surface area contributed by atoms with E-state index in [0.717, 1.165) is 11.3 Å². The monoisotopic (exact) mass is 288 g/mol. The molecule has 0 bridgehead atoms. The van der Waals surface area contributed by atoms with Crippen molar-refractivity contribution >= 4 is 11.4 Å². The first-order valence-electron chi connectivity index (χ1n) is 6.33. The highest BCUT2D eigenvalue weighted by atomic mass is 16.6. The summed E-state index contributed by atoms with van der Waals surface area (Å²) in [7, 11) is 3.17. The summed E-state index contributed by atoms with van der Waals surface area (Å²) in [5.41, 5.74) is 1.66. The van der Waals surface area contributed by atoms with Gasteiger partial charge in [0.1, 0.15) is 11.5 Å². The molecule has 0 aromatic heterocycles. The molecule has 0 fully saturated rings. The van der Waals surface area contributed by atoms with Crippen LogP contribution in [0.5, 0.6) is 11.5 Å². The SMILES string of the molecule is COc1ccc(OC)c(NCc2cccc([N+](=O)[O-])c2)c1. The van der Waals surface area contributed by atoms with E-state index in [4.69, 9.17) is 9.47 Å². The molecule has 0 spiro atoms. The second-order valence-electron chi connectivity index (χ2n) is 4.35. The van der Waals surface area contributed by atoms with E-state index in [9.17, 15) is 10.1 Å². The maximum absolute atomic E-state index is 10.8. The quantitative estimate of drug-likeness (QED) is 0.652. The Balaban J connectivity index is 2.15. The maximum atomic E-state index is 10.8. The van der Waals surface area contributed by atoms with Gasteiger partial charge in [0.05, 0.1) is 24.8 Å². The van der Waals surface area contributed by atoms with Crippen LogP contribution in [0.1, 0.15) is 5.56 Å². The second-order valence-corrected chi connectivity index (χ2v) is 4.35. The van der Waals surface area contributed by atoms with Crippen molar-refractivity contribution in [3.05, 3.63) is 58.1 Å². The van der Waals surface area contributed by atoms with Crippen LogP contribution in [-0.4, -0.2) is 19.1 Å². The Morgan fingerprint density at radius 2 is 1.95 bits per heavy atom. The number of benzene rings is 2. The first kappa shape index (κ1) is 14.6. The van der Waals surface area contributed by atoms with E-state index in [-0.39, 0.29) is 5.69 Å². The standard InChI is InChI=1S/C15H16N2O4/c1-20-13-6-7-15(21-2)14(9-13)16-10-11-4-3-5-12(8-11)17(18)19/h3-9,16H,10H2,1-2H3. The average molecular weight is 288 g/mol. The van der Waals surface area contributed by atoms with Crippen molar-refractivity contribution in [2.75, 3.05) is 19.5 Å². The number of anilines is 1. The van der Waals surface area contributed by atoms with Crippen LogP contribution in [-0.2, 0) is 6.54 Å². The van der Waals surface area contributed by atoms with Crippen LogP contribution in [0.2, 0.25) is 0 Å². The van der Waals surface area contributed by atoms with Gasteiger partial charge in [0.15, 0.2) is 0 Å². The van der Waals surface area contributed by atoms with E-state index < -0.39 is 4.92 Å². The molecule has 0 aliphatic rings. The number of nitro groups is 1. The van der Waals surface area contributed by atoms with E-state index in [2.05, 4.69) is 5.32 Å². The third-order valence-corrected chi connectivity index (χ3v) is 3.01. The van der Waals surface area contributed by atoms with Gasteiger partial charge in [-0.05, 0) is 17.7 Å². The van der Waals surface area contributed by atoms with Gasteiger partial charge in [0, 0.05) is 24.7 Å². The number of hydrogen-bond acceptors (Lipinski definition) is 5. The number of nitro benzene ring substituents is 1. The van der Waals surface area contributed by atoms with Gasteiger partial charge >= 0.3 is 0 Å². The molecule has 0 aliphatic heterocycles. The lowest BCUT2D eigenvalue weighted by Crippen LogP contribution is -2.02. The Bertz CT molecular complexity index is 643. The number of hydrogen-bond donors (Lipinski definition) is 1. The van der Waals surface area contributed by atoms with E-state index in [0.29, 0.717) is 18.0 Å². The zero-order valence-corrected chi connectivity index (χ0v) is 11.8. The van der Waals surface area contributed by atoms with Crippen molar-refractivity contribution in [2.24, 2.45) is 0 Å². The van der Waals surface area contributed by atoms with Gasteiger partial charge in [0.25, 0.3) is 5.69 Å². The lowest BCUT2D eigenvalue weighted by molar-refractivity contribution is -0.384. The Morgan fingerprint density at radius 3 is 2.62 bits per heavy atom. The van der Waals surface area contributed by atoms with Crippen molar-refractivity contribution < 1.29 is 14.4 Å². The maximum Gasteiger partial charge on any atom is 0.269 e. The highest BCUT2D eigenvalue weighted by Gasteiger charge is 2.07. The minimum Gasteiger partial charge on any atom is -0.497 e. The molecule has 0 unspecified atom stereocenters. The van der Waals surface area contributed by atoms with Crippen molar-refractivity contribution in [2.45, 2.75) is 6.54 Å². The lowest BCUT2D eigenvalue weighted by Gasteiger charge is -2.12. The Morgan fingerprint density at radius 1 is 1.14 bits per heavy atom. The first-order chi connectivity index (χ1) is 10.1. The van der Waals surface area contributed by atoms with E-state index in [1.54, 1.807) is 38.5 Å². The van der Waals surface area contributed by atoms with E-state index in [1.165, 1.54) is 6.07 Å². The fourth-order valence-electron chi connectivity index (χ4n) is 1.93. The highest BCUT2D eigenvalue weighted by molar-refractivity contribution is 5.60. The van der Waals surface area contributed by atoms with Gasteiger partial charge < -0.3 is 14.8 Å². The summed E-state index contributed by atoms with van der Waals surface area (Å²) in [4.78, 5) is 10.4. The van der Waals surface area contributed by atoms with Gasteiger partial charge in [-0.3, -0.25) is 10.1 Å². The number of nitrogens with zero attached hydrogens (tertiary/aromatic N) is 1. The van der Waals surface area contributed by atoms with Gasteiger partial charge in [-0.2, -0.15) is 0 Å². The predicted molar refractivity (Wildman–Crippen MR) is 80.0 cm³/mol. The molecule has 6 heteroatoms. The number of rotatable bonds is 6. The molecule has 110 valence electrons. The van der Waals surface area contributed by atoms with Crippen molar-refractivity contribution in [3.8, 4) is 11.5 Å². The zero-order valence-electron chi connectivity index (χ0n) is 11.8. The van der Waals surface area contributed by atoms with E-state index >= 15 is 0 Å². The molecule has 2 aromatic rings. The third-order valence-electron chi connectivity index (χ3n) is 3.01. The molecule has 0 amide bonds. The topological polar surface area (TPSA) is 73.6 Å². The summed E-state index contributed by atoms with van der Waals surface area (Å²) >= 11 is 0.